The Morgan fingerprint density at radius 2 is 2.18 bits per heavy atom. The average Bonchev–Trinajstić information content (AvgIpc) is 2.26. The fourth-order valence-electron chi connectivity index (χ4n) is 1.44. The van der Waals surface area contributed by atoms with Gasteiger partial charge in [0.05, 0.1) is 6.54 Å². The molecule has 0 atom stereocenters. The first-order chi connectivity index (χ1) is 8.04. The summed E-state index contributed by atoms with van der Waals surface area (Å²) in [5.74, 6) is 5.72. The van der Waals surface area contributed by atoms with Gasteiger partial charge < -0.3 is 11.1 Å². The quantitative estimate of drug-likeness (QED) is 0.755. The minimum absolute atomic E-state index is 0.0542. The smallest absolute Gasteiger partial charge is 0.251 e. The zero-order chi connectivity index (χ0) is 12.8. The van der Waals surface area contributed by atoms with Crippen LogP contribution in [0.15, 0.2) is 18.2 Å². The Bertz CT molecular complexity index is 467. The molecule has 0 fully saturated rings. The van der Waals surface area contributed by atoms with Crippen LogP contribution in [0.2, 0.25) is 0 Å². The molecule has 3 N–H and O–H groups in total. The monoisotopic (exact) mass is 230 g/mol. The second-order valence-corrected chi connectivity index (χ2v) is 4.16. The highest BCUT2D eigenvalue weighted by Crippen LogP contribution is 2.10. The van der Waals surface area contributed by atoms with Crippen molar-refractivity contribution in [2.45, 2.75) is 26.8 Å². The average molecular weight is 230 g/mol. The first kappa shape index (κ1) is 13.3. The molecular formula is C14H18N2O. The Morgan fingerprint density at radius 3 is 2.71 bits per heavy atom. The number of nitrogens with two attached hydrogens (primary N) is 1. The molecular weight excluding hydrogens is 212 g/mol. The van der Waals surface area contributed by atoms with Crippen molar-refractivity contribution < 1.29 is 4.79 Å². The second kappa shape index (κ2) is 6.07. The van der Waals surface area contributed by atoms with Crippen LogP contribution in [0, 0.1) is 18.8 Å². The van der Waals surface area contributed by atoms with Crippen LogP contribution >= 0.6 is 0 Å². The maximum atomic E-state index is 11.8. The van der Waals surface area contributed by atoms with Gasteiger partial charge in [-0.15, -0.1) is 0 Å². The minimum Gasteiger partial charge on any atom is -0.350 e. The van der Waals surface area contributed by atoms with Crippen LogP contribution in [-0.2, 0) is 0 Å². The number of carbonyl (C=O) groups is 1. The summed E-state index contributed by atoms with van der Waals surface area (Å²) in [6.45, 7) is 6.15. The summed E-state index contributed by atoms with van der Waals surface area (Å²) in [6.07, 6.45) is 0. The Hall–Kier alpha value is -1.79. The van der Waals surface area contributed by atoms with E-state index in [4.69, 9.17) is 5.73 Å². The van der Waals surface area contributed by atoms with Crippen molar-refractivity contribution in [3.63, 3.8) is 0 Å². The summed E-state index contributed by atoms with van der Waals surface area (Å²) in [5, 5.41) is 2.85. The van der Waals surface area contributed by atoms with Crippen molar-refractivity contribution in [2.24, 2.45) is 5.73 Å². The maximum absolute atomic E-state index is 11.8. The van der Waals surface area contributed by atoms with Gasteiger partial charge in [0.2, 0.25) is 0 Å². The highest BCUT2D eigenvalue weighted by Gasteiger charge is 2.07. The highest BCUT2D eigenvalue weighted by molar-refractivity contribution is 5.94. The predicted molar refractivity (Wildman–Crippen MR) is 69.7 cm³/mol. The standard InChI is InChI=1S/C14H18N2O/c1-10(2)16-14(17)13-7-6-12(5-4-8-15)11(3)9-13/h6-7,9-10H,8,15H2,1-3H3,(H,16,17). The van der Waals surface area contributed by atoms with Gasteiger partial charge in [-0.3, -0.25) is 4.79 Å². The topological polar surface area (TPSA) is 55.1 Å². The summed E-state index contributed by atoms with van der Waals surface area (Å²) < 4.78 is 0. The lowest BCUT2D eigenvalue weighted by Gasteiger charge is -2.09. The number of hydrogen-bond acceptors (Lipinski definition) is 2. The largest absolute Gasteiger partial charge is 0.350 e. The van der Waals surface area contributed by atoms with Gasteiger partial charge in [0.15, 0.2) is 0 Å². The molecule has 1 rings (SSSR count). The van der Waals surface area contributed by atoms with Gasteiger partial charge in [0.1, 0.15) is 0 Å². The molecule has 0 radical (unpaired) electrons. The number of benzene rings is 1. The lowest BCUT2D eigenvalue weighted by Crippen LogP contribution is -2.30. The van der Waals surface area contributed by atoms with E-state index in [0.717, 1.165) is 11.1 Å². The van der Waals surface area contributed by atoms with Crippen LogP contribution in [0.5, 0.6) is 0 Å². The Morgan fingerprint density at radius 1 is 1.47 bits per heavy atom. The first-order valence-electron chi connectivity index (χ1n) is 5.65. The molecule has 0 aliphatic carbocycles. The number of amides is 1. The lowest BCUT2D eigenvalue weighted by molar-refractivity contribution is 0.0943. The summed E-state index contributed by atoms with van der Waals surface area (Å²) in [4.78, 5) is 11.8. The number of aryl methyl sites for hydroxylation is 1. The molecule has 0 aliphatic rings. The molecule has 1 aromatic carbocycles. The molecule has 0 aromatic heterocycles. The van der Waals surface area contributed by atoms with E-state index in [-0.39, 0.29) is 11.9 Å². The van der Waals surface area contributed by atoms with Crippen molar-refractivity contribution in [1.29, 1.82) is 0 Å². The van der Waals surface area contributed by atoms with E-state index < -0.39 is 0 Å². The molecule has 3 heteroatoms. The van der Waals surface area contributed by atoms with Crippen LogP contribution in [0.1, 0.15) is 35.3 Å². The Labute approximate surface area is 102 Å². The van der Waals surface area contributed by atoms with Gasteiger partial charge in [-0.1, -0.05) is 11.8 Å². The number of rotatable bonds is 2. The summed E-state index contributed by atoms with van der Waals surface area (Å²) in [5.41, 5.74) is 7.88. The van der Waals surface area contributed by atoms with Gasteiger partial charge in [-0.25, -0.2) is 0 Å². The molecule has 1 aromatic rings. The molecule has 0 unspecified atom stereocenters. The first-order valence-corrected chi connectivity index (χ1v) is 5.65. The molecule has 1 amide bonds. The molecule has 0 aliphatic heterocycles. The molecule has 17 heavy (non-hydrogen) atoms. The van der Waals surface area contributed by atoms with Crippen molar-refractivity contribution in [1.82, 2.24) is 5.32 Å². The van der Waals surface area contributed by atoms with Gasteiger partial charge >= 0.3 is 0 Å². The lowest BCUT2D eigenvalue weighted by atomic mass is 10.0. The van der Waals surface area contributed by atoms with Crippen molar-refractivity contribution in [2.75, 3.05) is 6.54 Å². The highest BCUT2D eigenvalue weighted by atomic mass is 16.1. The fraction of sp³-hybridized carbons (Fsp3) is 0.357. The van der Waals surface area contributed by atoms with Crippen molar-refractivity contribution in [3.8, 4) is 11.8 Å². The van der Waals surface area contributed by atoms with Gasteiger partial charge in [-0.05, 0) is 44.5 Å². The van der Waals surface area contributed by atoms with Gasteiger partial charge in [0.25, 0.3) is 5.91 Å². The molecule has 0 saturated heterocycles. The summed E-state index contributed by atoms with van der Waals surface area (Å²) >= 11 is 0. The number of carbonyl (C=O) groups excluding carboxylic acids is 1. The van der Waals surface area contributed by atoms with E-state index in [1.807, 2.05) is 32.9 Å². The molecule has 3 nitrogen and oxygen atoms in total. The Balaban J connectivity index is 2.92. The maximum Gasteiger partial charge on any atom is 0.251 e. The zero-order valence-corrected chi connectivity index (χ0v) is 10.5. The third-order valence-corrected chi connectivity index (χ3v) is 2.23. The van der Waals surface area contributed by atoms with Crippen molar-refractivity contribution >= 4 is 5.91 Å². The van der Waals surface area contributed by atoms with Crippen LogP contribution in [0.3, 0.4) is 0 Å². The molecule has 0 spiro atoms. The van der Waals surface area contributed by atoms with E-state index in [9.17, 15) is 4.79 Å². The van der Waals surface area contributed by atoms with E-state index in [0.29, 0.717) is 12.1 Å². The van der Waals surface area contributed by atoms with Crippen LogP contribution in [0.25, 0.3) is 0 Å². The van der Waals surface area contributed by atoms with Gasteiger partial charge in [0, 0.05) is 17.2 Å². The molecule has 0 saturated carbocycles. The van der Waals surface area contributed by atoms with Gasteiger partial charge in [-0.2, -0.15) is 0 Å². The molecule has 0 heterocycles. The molecule has 0 bridgehead atoms. The third-order valence-electron chi connectivity index (χ3n) is 2.23. The normalized spacial score (nSPS) is 9.71. The third kappa shape index (κ3) is 3.93. The van der Waals surface area contributed by atoms with Crippen molar-refractivity contribution in [3.05, 3.63) is 34.9 Å². The number of nitrogens with one attached hydrogen (secondary N) is 1. The number of hydrogen-bond donors (Lipinski definition) is 2. The second-order valence-electron chi connectivity index (χ2n) is 4.16. The predicted octanol–water partition coefficient (Wildman–Crippen LogP) is 1.44. The minimum atomic E-state index is -0.0542. The SMILES string of the molecule is Cc1cc(C(=O)NC(C)C)ccc1C#CCN. The van der Waals surface area contributed by atoms with E-state index in [1.54, 1.807) is 6.07 Å². The fourth-order valence-corrected chi connectivity index (χ4v) is 1.44. The zero-order valence-electron chi connectivity index (χ0n) is 10.5. The van der Waals surface area contributed by atoms with Crippen LogP contribution in [-0.4, -0.2) is 18.5 Å². The van der Waals surface area contributed by atoms with Crippen LogP contribution < -0.4 is 11.1 Å². The Kier molecular flexibility index (Phi) is 4.74. The van der Waals surface area contributed by atoms with E-state index >= 15 is 0 Å². The summed E-state index contributed by atoms with van der Waals surface area (Å²) in [7, 11) is 0. The molecule has 90 valence electrons. The van der Waals surface area contributed by atoms with E-state index in [1.165, 1.54) is 0 Å². The van der Waals surface area contributed by atoms with E-state index in [2.05, 4.69) is 17.2 Å². The van der Waals surface area contributed by atoms with Crippen LogP contribution in [0.4, 0.5) is 0 Å². The summed E-state index contributed by atoms with van der Waals surface area (Å²) in [6, 6.07) is 5.62.